The summed E-state index contributed by atoms with van der Waals surface area (Å²) < 4.78 is 12.5. The number of hydrogen-bond acceptors (Lipinski definition) is 6. The van der Waals surface area contributed by atoms with Crippen LogP contribution in [0.15, 0.2) is 34.2 Å². The maximum absolute atomic E-state index is 12.7. The first-order valence-corrected chi connectivity index (χ1v) is 17.4. The van der Waals surface area contributed by atoms with E-state index in [2.05, 4.69) is 69.1 Å². The van der Waals surface area contributed by atoms with Crippen LogP contribution in [0.1, 0.15) is 45.2 Å². The van der Waals surface area contributed by atoms with Gasteiger partial charge in [0.05, 0.1) is 24.3 Å². The van der Waals surface area contributed by atoms with E-state index in [1.807, 2.05) is 25.7 Å². The second kappa shape index (κ2) is 11.3. The van der Waals surface area contributed by atoms with Crippen LogP contribution in [0.4, 0.5) is 21.9 Å². The molecule has 0 aliphatic carbocycles. The highest BCUT2D eigenvalue weighted by molar-refractivity contribution is 14.2. The van der Waals surface area contributed by atoms with Gasteiger partial charge in [-0.3, -0.25) is 0 Å². The Morgan fingerprint density at radius 2 is 1.74 bits per heavy atom. The summed E-state index contributed by atoms with van der Waals surface area (Å²) in [5.41, 5.74) is 5.71. The van der Waals surface area contributed by atoms with E-state index in [0.717, 1.165) is 69.8 Å². The number of carbonyl (C=O) groups excluding carboxylic acids is 1. The van der Waals surface area contributed by atoms with Gasteiger partial charge in [0.1, 0.15) is 5.60 Å². The van der Waals surface area contributed by atoms with Crippen molar-refractivity contribution in [3.63, 3.8) is 0 Å². The van der Waals surface area contributed by atoms with Crippen molar-refractivity contribution in [3.8, 4) is 0 Å². The molecule has 9 heteroatoms. The summed E-state index contributed by atoms with van der Waals surface area (Å²) in [4.78, 5) is 26.0. The molecule has 0 radical (unpaired) electrons. The zero-order valence-electron chi connectivity index (χ0n) is 23.2. The molecule has 0 aromatic heterocycles. The van der Waals surface area contributed by atoms with Gasteiger partial charge in [0.2, 0.25) is 0 Å². The highest BCUT2D eigenvalue weighted by Gasteiger charge is 2.25. The monoisotopic (exact) mass is 650 g/mol. The molecule has 1 amide bonds. The summed E-state index contributed by atoms with van der Waals surface area (Å²) in [6, 6.07) is 9.33. The van der Waals surface area contributed by atoms with E-state index in [0.29, 0.717) is 6.54 Å². The van der Waals surface area contributed by atoms with Crippen LogP contribution in [0.5, 0.6) is 0 Å². The van der Waals surface area contributed by atoms with Crippen molar-refractivity contribution in [2.75, 3.05) is 62.3 Å². The summed E-state index contributed by atoms with van der Waals surface area (Å²) in [6.07, 6.45) is 1.64. The second-order valence-electron chi connectivity index (χ2n) is 11.2. The lowest BCUT2D eigenvalue weighted by atomic mass is 10.1. The third-order valence-corrected chi connectivity index (χ3v) is 11.5. The number of halogens is 1. The first kappa shape index (κ1) is 27.7. The van der Waals surface area contributed by atoms with Crippen molar-refractivity contribution in [2.24, 2.45) is 4.99 Å². The van der Waals surface area contributed by atoms with Crippen molar-refractivity contribution in [3.05, 3.63) is 45.3 Å². The van der Waals surface area contributed by atoms with Crippen molar-refractivity contribution in [1.82, 2.24) is 4.90 Å². The Hall–Kier alpha value is -1.85. The van der Waals surface area contributed by atoms with Crippen LogP contribution < -0.4 is 15.2 Å². The summed E-state index contributed by atoms with van der Waals surface area (Å²) in [5, 5.41) is 1.15. The van der Waals surface area contributed by atoms with Crippen molar-refractivity contribution >= 4 is 52.0 Å². The molecule has 0 bridgehead atoms. The standard InChI is InChI=1S/C29H39IN4O3S/c1-6-21-17-23(32-8-7-9-34(11-10-32)28(35)37-29(3,4)5)19-25-27(21)31-26-20(2)16-22(18-24(26)38(25)30)33-12-14-36-15-13-33/h16-19H,6-15H2,1-5H3. The fourth-order valence-corrected chi connectivity index (χ4v) is 8.72. The molecule has 3 aliphatic heterocycles. The van der Waals surface area contributed by atoms with Gasteiger partial charge >= 0.3 is 6.09 Å². The topological polar surface area (TPSA) is 57.6 Å². The molecule has 2 fully saturated rings. The molecule has 38 heavy (non-hydrogen) atoms. The van der Waals surface area contributed by atoms with Gasteiger partial charge in [-0.25, -0.2) is 9.79 Å². The predicted molar refractivity (Wildman–Crippen MR) is 164 cm³/mol. The number of hydrogen-bond donors (Lipinski definition) is 0. The molecular weight excluding hydrogens is 611 g/mol. The predicted octanol–water partition coefficient (Wildman–Crippen LogP) is 6.03. The van der Waals surface area contributed by atoms with Crippen LogP contribution in [0.3, 0.4) is 0 Å². The van der Waals surface area contributed by atoms with E-state index in [4.69, 9.17) is 14.5 Å². The number of nitrogens with zero attached hydrogens (tertiary/aromatic N) is 4. The zero-order valence-corrected chi connectivity index (χ0v) is 26.2. The molecule has 206 valence electrons. The molecular formula is C29H39IN4O3S. The number of benzene rings is 2. The Balaban J connectivity index is 1.48. The van der Waals surface area contributed by atoms with Crippen LogP contribution in [-0.4, -0.2) is 69.1 Å². The molecule has 5 rings (SSSR count). The lowest BCUT2D eigenvalue weighted by Crippen LogP contribution is -2.39. The zero-order chi connectivity index (χ0) is 27.0. The third-order valence-electron chi connectivity index (χ3n) is 7.27. The number of fused-ring (bicyclic) bond motifs is 2. The molecule has 0 saturated carbocycles. The van der Waals surface area contributed by atoms with Crippen LogP contribution in [0, 0.1) is 11.4 Å². The Labute approximate surface area is 240 Å². The van der Waals surface area contributed by atoms with Gasteiger partial charge in [0.15, 0.2) is 0 Å². The van der Waals surface area contributed by atoms with E-state index < -0.39 is 5.60 Å². The first-order chi connectivity index (χ1) is 18.1. The lowest BCUT2D eigenvalue weighted by Gasteiger charge is -2.30. The minimum absolute atomic E-state index is 0.115. The van der Waals surface area contributed by atoms with Crippen LogP contribution >= 0.6 is 28.9 Å². The molecule has 1 atom stereocenters. The van der Waals surface area contributed by atoms with E-state index in [-0.39, 0.29) is 13.7 Å². The molecule has 2 saturated heterocycles. The van der Waals surface area contributed by atoms with Crippen LogP contribution in [-0.2, 0) is 15.9 Å². The number of morpholine rings is 1. The fourth-order valence-electron chi connectivity index (χ4n) is 5.29. The summed E-state index contributed by atoms with van der Waals surface area (Å²) >= 11 is 2.63. The largest absolute Gasteiger partial charge is 0.444 e. The minimum atomic E-state index is -0.479. The van der Waals surface area contributed by atoms with Crippen LogP contribution in [0.2, 0.25) is 0 Å². The van der Waals surface area contributed by atoms with E-state index >= 15 is 0 Å². The average Bonchev–Trinajstić information content (AvgIpc) is 3.15. The molecule has 0 N–H and O–H groups in total. The maximum Gasteiger partial charge on any atom is 0.410 e. The summed E-state index contributed by atoms with van der Waals surface area (Å²) in [6.45, 7) is 16.7. The highest BCUT2D eigenvalue weighted by Crippen LogP contribution is 2.48. The maximum atomic E-state index is 12.7. The van der Waals surface area contributed by atoms with Gasteiger partial charge in [0, 0.05) is 60.0 Å². The van der Waals surface area contributed by atoms with Gasteiger partial charge in [-0.15, -0.1) is 0 Å². The minimum Gasteiger partial charge on any atom is -0.444 e. The number of anilines is 2. The number of rotatable bonds is 3. The fraction of sp³-hybridized carbons (Fsp3) is 0.552. The Morgan fingerprint density at radius 1 is 1.03 bits per heavy atom. The summed E-state index contributed by atoms with van der Waals surface area (Å²) in [7, 11) is -0.115. The number of amides is 1. The average molecular weight is 651 g/mol. The van der Waals surface area contributed by atoms with Crippen molar-refractivity contribution < 1.29 is 14.3 Å². The number of aryl methyl sites for hydroxylation is 2. The number of carbonyl (C=O) groups is 1. The van der Waals surface area contributed by atoms with E-state index in [1.165, 1.54) is 31.9 Å². The molecule has 0 spiro atoms. The Morgan fingerprint density at radius 3 is 2.45 bits per heavy atom. The molecule has 2 aromatic rings. The van der Waals surface area contributed by atoms with E-state index in [9.17, 15) is 4.79 Å². The molecule has 1 unspecified atom stereocenters. The summed E-state index contributed by atoms with van der Waals surface area (Å²) in [5.74, 6) is 0. The lowest BCUT2D eigenvalue weighted by molar-refractivity contribution is 0.0263. The Bertz CT molecular complexity index is 1350. The van der Waals surface area contributed by atoms with Crippen LogP contribution in [0.25, 0.3) is 0 Å². The van der Waals surface area contributed by atoms with Gasteiger partial charge in [-0.1, -0.05) is 14.6 Å². The van der Waals surface area contributed by atoms with Gasteiger partial charge in [0.25, 0.3) is 0 Å². The Kier molecular flexibility index (Phi) is 8.26. The first-order valence-electron chi connectivity index (χ1n) is 13.6. The number of ether oxygens (including phenoxy) is 2. The van der Waals surface area contributed by atoms with Gasteiger partial charge in [-0.2, -0.15) is 0 Å². The SMILES string of the molecule is CCc1cc(N2CCCN(C(=O)OC(C)(C)C)CC2)cc2c1=Nc1c(C)cc(N3CCOCC3)cc1S=2I. The second-order valence-corrected chi connectivity index (χ2v) is 15.2. The molecule has 2 aromatic carbocycles. The molecule has 7 nitrogen and oxygen atoms in total. The molecule has 3 aliphatic rings. The quantitative estimate of drug-likeness (QED) is 0.300. The van der Waals surface area contributed by atoms with Crippen molar-refractivity contribution in [2.45, 2.75) is 58.0 Å². The van der Waals surface area contributed by atoms with Gasteiger partial charge < -0.3 is 24.2 Å². The van der Waals surface area contributed by atoms with Crippen molar-refractivity contribution in [1.29, 1.82) is 0 Å². The highest BCUT2D eigenvalue weighted by atomic mass is 127. The van der Waals surface area contributed by atoms with Gasteiger partial charge in [-0.05, 0) is 97.1 Å². The van der Waals surface area contributed by atoms with E-state index in [1.54, 1.807) is 0 Å². The molecule has 3 heterocycles. The smallest absolute Gasteiger partial charge is 0.410 e. The third kappa shape index (κ3) is 5.84. The normalized spacial score (nSPS) is 19.8.